The standard InChI is InChI=1S/C14H17BrN2O/c1-17(9-11-5-7-18-10-11)14-3-2-13(15)8-12(14)4-6-16/h2-3,5,7-8,10H,4,6,9,16H2,1H3. The maximum atomic E-state index is 5.67. The summed E-state index contributed by atoms with van der Waals surface area (Å²) < 4.78 is 6.18. The topological polar surface area (TPSA) is 42.4 Å². The van der Waals surface area contributed by atoms with Crippen molar-refractivity contribution in [1.82, 2.24) is 0 Å². The van der Waals surface area contributed by atoms with Crippen LogP contribution in [-0.2, 0) is 13.0 Å². The molecule has 0 bridgehead atoms. The number of benzene rings is 1. The average Bonchev–Trinajstić information content (AvgIpc) is 2.82. The highest BCUT2D eigenvalue weighted by molar-refractivity contribution is 9.10. The summed E-state index contributed by atoms with van der Waals surface area (Å²) in [6.07, 6.45) is 4.36. The molecule has 1 aromatic heterocycles. The molecule has 1 aromatic carbocycles. The van der Waals surface area contributed by atoms with Gasteiger partial charge in [0.2, 0.25) is 0 Å². The zero-order chi connectivity index (χ0) is 13.0. The predicted octanol–water partition coefficient (Wildman–Crippen LogP) is 3.18. The van der Waals surface area contributed by atoms with Crippen molar-refractivity contribution < 1.29 is 4.42 Å². The molecular formula is C14H17BrN2O. The monoisotopic (exact) mass is 308 g/mol. The molecule has 0 saturated carbocycles. The van der Waals surface area contributed by atoms with Crippen LogP contribution < -0.4 is 10.6 Å². The molecule has 0 radical (unpaired) electrons. The van der Waals surface area contributed by atoms with Crippen LogP contribution in [0.4, 0.5) is 5.69 Å². The van der Waals surface area contributed by atoms with E-state index in [-0.39, 0.29) is 0 Å². The number of rotatable bonds is 5. The molecule has 2 rings (SSSR count). The molecule has 18 heavy (non-hydrogen) atoms. The van der Waals surface area contributed by atoms with Gasteiger partial charge in [-0.15, -0.1) is 0 Å². The minimum atomic E-state index is 0.656. The van der Waals surface area contributed by atoms with Crippen LogP contribution in [0.15, 0.2) is 45.7 Å². The molecule has 0 aliphatic heterocycles. The highest BCUT2D eigenvalue weighted by Crippen LogP contribution is 2.25. The van der Waals surface area contributed by atoms with Crippen LogP contribution in [0.5, 0.6) is 0 Å². The Morgan fingerprint density at radius 3 is 2.83 bits per heavy atom. The Kier molecular flexibility index (Phi) is 4.44. The number of furan rings is 1. The first-order valence-corrected chi connectivity index (χ1v) is 6.70. The molecule has 4 heteroatoms. The van der Waals surface area contributed by atoms with Crippen LogP contribution >= 0.6 is 15.9 Å². The molecule has 3 nitrogen and oxygen atoms in total. The number of nitrogens with zero attached hydrogens (tertiary/aromatic N) is 1. The van der Waals surface area contributed by atoms with E-state index in [1.807, 2.05) is 6.07 Å². The van der Waals surface area contributed by atoms with Gasteiger partial charge < -0.3 is 15.1 Å². The summed E-state index contributed by atoms with van der Waals surface area (Å²) in [4.78, 5) is 2.21. The largest absolute Gasteiger partial charge is 0.472 e. The smallest absolute Gasteiger partial charge is 0.0952 e. The molecule has 0 unspecified atom stereocenters. The van der Waals surface area contributed by atoms with Crippen LogP contribution in [0.1, 0.15) is 11.1 Å². The third kappa shape index (κ3) is 3.15. The first kappa shape index (κ1) is 13.2. The second kappa shape index (κ2) is 6.07. The SMILES string of the molecule is CN(Cc1ccoc1)c1ccc(Br)cc1CCN. The Labute approximate surface area is 116 Å². The van der Waals surface area contributed by atoms with Crippen LogP contribution in [0, 0.1) is 0 Å². The summed E-state index contributed by atoms with van der Waals surface area (Å²) in [6, 6.07) is 8.29. The Balaban J connectivity index is 2.20. The van der Waals surface area contributed by atoms with Crippen molar-refractivity contribution >= 4 is 21.6 Å². The average molecular weight is 309 g/mol. The van der Waals surface area contributed by atoms with Gasteiger partial charge in [0.05, 0.1) is 12.5 Å². The van der Waals surface area contributed by atoms with Gasteiger partial charge in [-0.05, 0) is 42.8 Å². The van der Waals surface area contributed by atoms with E-state index in [0.717, 1.165) is 17.4 Å². The zero-order valence-corrected chi connectivity index (χ0v) is 12.0. The Bertz CT molecular complexity index is 497. The first-order chi connectivity index (χ1) is 8.70. The number of nitrogens with two attached hydrogens (primary N) is 1. The van der Waals surface area contributed by atoms with Gasteiger partial charge in [-0.3, -0.25) is 0 Å². The lowest BCUT2D eigenvalue weighted by atomic mass is 10.1. The third-order valence-corrected chi connectivity index (χ3v) is 3.36. The highest BCUT2D eigenvalue weighted by atomic mass is 79.9. The second-order valence-corrected chi connectivity index (χ2v) is 5.22. The molecule has 2 N–H and O–H groups in total. The summed E-state index contributed by atoms with van der Waals surface area (Å²) in [5.41, 5.74) is 9.31. The molecule has 0 fully saturated rings. The number of hydrogen-bond donors (Lipinski definition) is 1. The Morgan fingerprint density at radius 2 is 2.17 bits per heavy atom. The van der Waals surface area contributed by atoms with E-state index in [1.54, 1.807) is 12.5 Å². The van der Waals surface area contributed by atoms with Gasteiger partial charge in [-0.2, -0.15) is 0 Å². The maximum absolute atomic E-state index is 5.67. The van der Waals surface area contributed by atoms with Crippen molar-refractivity contribution in [2.45, 2.75) is 13.0 Å². The molecule has 1 heterocycles. The third-order valence-electron chi connectivity index (χ3n) is 2.87. The number of hydrogen-bond acceptors (Lipinski definition) is 3. The summed E-state index contributed by atoms with van der Waals surface area (Å²) in [7, 11) is 2.08. The van der Waals surface area contributed by atoms with Crippen molar-refractivity contribution in [3.05, 3.63) is 52.4 Å². The Morgan fingerprint density at radius 1 is 1.33 bits per heavy atom. The van der Waals surface area contributed by atoms with E-state index in [1.165, 1.54) is 16.8 Å². The number of anilines is 1. The summed E-state index contributed by atoms with van der Waals surface area (Å²) in [6.45, 7) is 1.48. The van der Waals surface area contributed by atoms with Crippen molar-refractivity contribution in [1.29, 1.82) is 0 Å². The second-order valence-electron chi connectivity index (χ2n) is 4.30. The van der Waals surface area contributed by atoms with E-state index in [4.69, 9.17) is 10.2 Å². The quantitative estimate of drug-likeness (QED) is 0.922. The van der Waals surface area contributed by atoms with Gasteiger partial charge in [-0.25, -0.2) is 0 Å². The van der Waals surface area contributed by atoms with Gasteiger partial charge >= 0.3 is 0 Å². The molecule has 96 valence electrons. The van der Waals surface area contributed by atoms with Crippen LogP contribution in [0.3, 0.4) is 0 Å². The maximum Gasteiger partial charge on any atom is 0.0952 e. The van der Waals surface area contributed by atoms with Crippen molar-refractivity contribution in [2.75, 3.05) is 18.5 Å². The normalized spacial score (nSPS) is 10.6. The molecule has 0 spiro atoms. The van der Waals surface area contributed by atoms with E-state index in [9.17, 15) is 0 Å². The van der Waals surface area contributed by atoms with Crippen molar-refractivity contribution in [3.8, 4) is 0 Å². The summed E-state index contributed by atoms with van der Waals surface area (Å²) >= 11 is 3.50. The lowest BCUT2D eigenvalue weighted by molar-refractivity contribution is 0.563. The first-order valence-electron chi connectivity index (χ1n) is 5.91. The summed E-state index contributed by atoms with van der Waals surface area (Å²) in [5.74, 6) is 0. The number of halogens is 1. The Hall–Kier alpha value is -1.26. The van der Waals surface area contributed by atoms with Crippen molar-refractivity contribution in [3.63, 3.8) is 0 Å². The fraction of sp³-hybridized carbons (Fsp3) is 0.286. The molecule has 0 atom stereocenters. The van der Waals surface area contributed by atoms with Crippen LogP contribution in [-0.4, -0.2) is 13.6 Å². The van der Waals surface area contributed by atoms with E-state index < -0.39 is 0 Å². The molecule has 2 aromatic rings. The molecule has 0 amide bonds. The van der Waals surface area contributed by atoms with Gasteiger partial charge in [0.1, 0.15) is 0 Å². The molecule has 0 aliphatic carbocycles. The van der Waals surface area contributed by atoms with E-state index in [0.29, 0.717) is 6.54 Å². The highest BCUT2D eigenvalue weighted by Gasteiger charge is 2.08. The zero-order valence-electron chi connectivity index (χ0n) is 10.4. The predicted molar refractivity (Wildman–Crippen MR) is 77.7 cm³/mol. The van der Waals surface area contributed by atoms with Crippen LogP contribution in [0.25, 0.3) is 0 Å². The molecular weight excluding hydrogens is 292 g/mol. The fourth-order valence-electron chi connectivity index (χ4n) is 2.02. The van der Waals surface area contributed by atoms with Gasteiger partial charge in [-0.1, -0.05) is 15.9 Å². The van der Waals surface area contributed by atoms with Gasteiger partial charge in [0.15, 0.2) is 0 Å². The van der Waals surface area contributed by atoms with Gasteiger partial charge in [0.25, 0.3) is 0 Å². The van der Waals surface area contributed by atoms with Crippen molar-refractivity contribution in [2.24, 2.45) is 5.73 Å². The summed E-state index contributed by atoms with van der Waals surface area (Å²) in [5, 5.41) is 0. The fourth-order valence-corrected chi connectivity index (χ4v) is 2.43. The molecule has 0 saturated heterocycles. The minimum Gasteiger partial charge on any atom is -0.472 e. The minimum absolute atomic E-state index is 0.656. The van der Waals surface area contributed by atoms with E-state index in [2.05, 4.69) is 46.1 Å². The molecule has 0 aliphatic rings. The van der Waals surface area contributed by atoms with Gasteiger partial charge in [0, 0.05) is 29.3 Å². The lowest BCUT2D eigenvalue weighted by Gasteiger charge is -2.22. The van der Waals surface area contributed by atoms with E-state index >= 15 is 0 Å². The van der Waals surface area contributed by atoms with Crippen LogP contribution in [0.2, 0.25) is 0 Å². The lowest BCUT2D eigenvalue weighted by Crippen LogP contribution is -2.18.